The standard InChI is InChI=1S/C19H15BrN2O2/c1-11-7-12-8-13(20)9-15-17(12)22(11)10-16(18(15)23)19(24)21-14-5-3-2-4-6-14/h2-6,8-11H,7H2,1H3,(H,21,24). The van der Waals surface area contributed by atoms with Crippen LogP contribution in [-0.4, -0.2) is 10.5 Å². The number of hydrogen-bond donors (Lipinski definition) is 1. The van der Waals surface area contributed by atoms with Crippen LogP contribution in [-0.2, 0) is 6.42 Å². The van der Waals surface area contributed by atoms with Crippen molar-refractivity contribution in [1.82, 2.24) is 4.57 Å². The second kappa shape index (κ2) is 5.60. The molecule has 0 aliphatic carbocycles. The third-order valence-corrected chi connectivity index (χ3v) is 4.89. The summed E-state index contributed by atoms with van der Waals surface area (Å²) in [7, 11) is 0. The Morgan fingerprint density at radius 2 is 2.00 bits per heavy atom. The fourth-order valence-electron chi connectivity index (χ4n) is 3.34. The van der Waals surface area contributed by atoms with E-state index < -0.39 is 0 Å². The van der Waals surface area contributed by atoms with Crippen LogP contribution in [0.3, 0.4) is 0 Å². The molecule has 1 aliphatic heterocycles. The number of carbonyl (C=O) groups excluding carboxylic acids is 1. The van der Waals surface area contributed by atoms with Crippen LogP contribution in [0.4, 0.5) is 5.69 Å². The molecule has 1 amide bonds. The lowest BCUT2D eigenvalue weighted by Gasteiger charge is -2.13. The summed E-state index contributed by atoms with van der Waals surface area (Å²) in [4.78, 5) is 25.5. The van der Waals surface area contributed by atoms with Gasteiger partial charge in [0.2, 0.25) is 5.43 Å². The maximum atomic E-state index is 12.9. The quantitative estimate of drug-likeness (QED) is 0.724. The van der Waals surface area contributed by atoms with Gasteiger partial charge in [0.25, 0.3) is 5.91 Å². The van der Waals surface area contributed by atoms with Gasteiger partial charge in [-0.2, -0.15) is 0 Å². The molecule has 1 atom stereocenters. The molecule has 0 bridgehead atoms. The number of nitrogens with one attached hydrogen (secondary N) is 1. The summed E-state index contributed by atoms with van der Waals surface area (Å²) in [5.74, 6) is -0.377. The number of nitrogens with zero attached hydrogens (tertiary/aromatic N) is 1. The Morgan fingerprint density at radius 3 is 2.75 bits per heavy atom. The molecule has 120 valence electrons. The van der Waals surface area contributed by atoms with E-state index in [1.165, 1.54) is 0 Å². The van der Waals surface area contributed by atoms with Crippen molar-refractivity contribution in [2.24, 2.45) is 0 Å². The van der Waals surface area contributed by atoms with Crippen molar-refractivity contribution < 1.29 is 4.79 Å². The molecule has 24 heavy (non-hydrogen) atoms. The van der Waals surface area contributed by atoms with Crippen LogP contribution in [0.2, 0.25) is 0 Å². The normalized spacial score (nSPS) is 15.7. The summed E-state index contributed by atoms with van der Waals surface area (Å²) >= 11 is 3.47. The fourth-order valence-corrected chi connectivity index (χ4v) is 3.85. The van der Waals surface area contributed by atoms with Crippen LogP contribution < -0.4 is 10.7 Å². The fraction of sp³-hybridized carbons (Fsp3) is 0.158. The van der Waals surface area contributed by atoms with Crippen LogP contribution in [0.5, 0.6) is 0 Å². The number of para-hydroxylation sites is 1. The molecule has 0 spiro atoms. The summed E-state index contributed by atoms with van der Waals surface area (Å²) in [6.45, 7) is 2.09. The Hall–Kier alpha value is -2.40. The van der Waals surface area contributed by atoms with Gasteiger partial charge in [-0.05, 0) is 43.2 Å². The number of hydrogen-bond acceptors (Lipinski definition) is 2. The molecule has 2 aromatic carbocycles. The van der Waals surface area contributed by atoms with E-state index in [0.717, 1.165) is 22.0 Å². The Balaban J connectivity index is 1.88. The van der Waals surface area contributed by atoms with Crippen molar-refractivity contribution in [1.29, 1.82) is 0 Å². The van der Waals surface area contributed by atoms with Gasteiger partial charge < -0.3 is 9.88 Å². The minimum Gasteiger partial charge on any atom is -0.343 e. The molecular formula is C19H15BrN2O2. The molecule has 0 radical (unpaired) electrons. The van der Waals surface area contributed by atoms with E-state index >= 15 is 0 Å². The maximum absolute atomic E-state index is 12.9. The highest BCUT2D eigenvalue weighted by atomic mass is 79.9. The van der Waals surface area contributed by atoms with Gasteiger partial charge >= 0.3 is 0 Å². The largest absolute Gasteiger partial charge is 0.343 e. The van der Waals surface area contributed by atoms with Crippen LogP contribution >= 0.6 is 15.9 Å². The first-order chi connectivity index (χ1) is 11.5. The molecule has 1 aliphatic rings. The van der Waals surface area contributed by atoms with Crippen molar-refractivity contribution in [3.63, 3.8) is 0 Å². The molecular weight excluding hydrogens is 368 g/mol. The summed E-state index contributed by atoms with van der Waals surface area (Å²) in [6, 6.07) is 13.2. The highest BCUT2D eigenvalue weighted by Gasteiger charge is 2.25. The maximum Gasteiger partial charge on any atom is 0.261 e. The Labute approximate surface area is 147 Å². The molecule has 4 rings (SSSR count). The lowest BCUT2D eigenvalue weighted by Crippen LogP contribution is -2.23. The van der Waals surface area contributed by atoms with Gasteiger partial charge in [-0.1, -0.05) is 34.1 Å². The molecule has 3 aromatic rings. The predicted molar refractivity (Wildman–Crippen MR) is 98.7 cm³/mol. The van der Waals surface area contributed by atoms with Crippen LogP contribution in [0.25, 0.3) is 10.9 Å². The number of aromatic nitrogens is 1. The molecule has 0 saturated heterocycles. The van der Waals surface area contributed by atoms with Gasteiger partial charge in [-0.25, -0.2) is 0 Å². The first kappa shape index (κ1) is 15.1. The number of anilines is 1. The smallest absolute Gasteiger partial charge is 0.261 e. The number of carbonyl (C=O) groups is 1. The van der Waals surface area contributed by atoms with E-state index in [4.69, 9.17) is 0 Å². The number of rotatable bonds is 2. The van der Waals surface area contributed by atoms with E-state index in [1.807, 2.05) is 28.8 Å². The minimum absolute atomic E-state index is 0.171. The van der Waals surface area contributed by atoms with E-state index in [-0.39, 0.29) is 22.9 Å². The molecule has 0 saturated carbocycles. The highest BCUT2D eigenvalue weighted by molar-refractivity contribution is 9.10. The molecule has 1 aromatic heterocycles. The molecule has 1 N–H and O–H groups in total. The van der Waals surface area contributed by atoms with Gasteiger partial charge in [0.05, 0.1) is 5.52 Å². The lowest BCUT2D eigenvalue weighted by atomic mass is 10.1. The van der Waals surface area contributed by atoms with Gasteiger partial charge in [0.1, 0.15) is 5.56 Å². The van der Waals surface area contributed by atoms with Crippen LogP contribution in [0.1, 0.15) is 28.9 Å². The summed E-state index contributed by atoms with van der Waals surface area (Å²) in [5, 5.41) is 3.38. The average molecular weight is 383 g/mol. The minimum atomic E-state index is -0.377. The molecule has 1 unspecified atom stereocenters. The highest BCUT2D eigenvalue weighted by Crippen LogP contribution is 2.33. The van der Waals surface area contributed by atoms with Gasteiger partial charge in [0, 0.05) is 27.8 Å². The third kappa shape index (κ3) is 2.36. The van der Waals surface area contributed by atoms with Crippen molar-refractivity contribution in [3.8, 4) is 0 Å². The first-order valence-electron chi connectivity index (χ1n) is 7.78. The van der Waals surface area contributed by atoms with Crippen molar-refractivity contribution in [2.45, 2.75) is 19.4 Å². The van der Waals surface area contributed by atoms with E-state index in [9.17, 15) is 9.59 Å². The predicted octanol–water partition coefficient (Wildman–Crippen LogP) is 4.13. The Morgan fingerprint density at radius 1 is 1.25 bits per heavy atom. The van der Waals surface area contributed by atoms with E-state index in [2.05, 4.69) is 28.2 Å². The van der Waals surface area contributed by atoms with Gasteiger partial charge in [0.15, 0.2) is 0 Å². The molecule has 5 heteroatoms. The number of benzene rings is 2. The van der Waals surface area contributed by atoms with Crippen molar-refractivity contribution in [3.05, 3.63) is 74.5 Å². The SMILES string of the molecule is CC1Cc2cc(Br)cc3c(=O)c(C(=O)Nc4ccccc4)cn1c23. The van der Waals surface area contributed by atoms with E-state index in [0.29, 0.717) is 11.1 Å². The number of pyridine rings is 1. The number of amides is 1. The lowest BCUT2D eigenvalue weighted by molar-refractivity contribution is 0.102. The average Bonchev–Trinajstić information content (AvgIpc) is 2.87. The van der Waals surface area contributed by atoms with Crippen molar-refractivity contribution >= 4 is 38.4 Å². The summed E-state index contributed by atoms with van der Waals surface area (Å²) in [6.07, 6.45) is 2.55. The zero-order valence-corrected chi connectivity index (χ0v) is 14.6. The monoisotopic (exact) mass is 382 g/mol. The zero-order chi connectivity index (χ0) is 16.8. The van der Waals surface area contributed by atoms with Gasteiger partial charge in [-0.15, -0.1) is 0 Å². The second-order valence-corrected chi connectivity index (χ2v) is 7.03. The number of halogens is 1. The second-order valence-electron chi connectivity index (χ2n) is 6.11. The molecule has 2 heterocycles. The van der Waals surface area contributed by atoms with Crippen LogP contribution in [0.15, 0.2) is 57.9 Å². The molecule has 4 nitrogen and oxygen atoms in total. The summed E-state index contributed by atoms with van der Waals surface area (Å²) < 4.78 is 2.90. The van der Waals surface area contributed by atoms with Gasteiger partial charge in [-0.3, -0.25) is 9.59 Å². The summed E-state index contributed by atoms with van der Waals surface area (Å²) in [5.41, 5.74) is 2.69. The zero-order valence-electron chi connectivity index (χ0n) is 13.0. The Kier molecular flexibility index (Phi) is 3.53. The van der Waals surface area contributed by atoms with Crippen LogP contribution in [0, 0.1) is 0 Å². The topological polar surface area (TPSA) is 51.1 Å². The van der Waals surface area contributed by atoms with E-state index in [1.54, 1.807) is 24.4 Å². The third-order valence-electron chi connectivity index (χ3n) is 4.44. The Bertz CT molecular complexity index is 1020. The molecule has 0 fully saturated rings. The first-order valence-corrected chi connectivity index (χ1v) is 8.57. The van der Waals surface area contributed by atoms with Crippen molar-refractivity contribution in [2.75, 3.05) is 5.32 Å².